The van der Waals surface area contributed by atoms with Gasteiger partial charge in [0.25, 0.3) is 0 Å². The lowest BCUT2D eigenvalue weighted by atomic mass is 10.1. The van der Waals surface area contributed by atoms with Gasteiger partial charge >= 0.3 is 5.97 Å². The Labute approximate surface area is 114 Å². The van der Waals surface area contributed by atoms with Gasteiger partial charge in [-0.2, -0.15) is 0 Å². The van der Waals surface area contributed by atoms with Gasteiger partial charge in [0.05, 0.1) is 17.9 Å². The number of rotatable bonds is 4. The summed E-state index contributed by atoms with van der Waals surface area (Å²) in [5, 5.41) is 11.6. The summed E-state index contributed by atoms with van der Waals surface area (Å²) in [4.78, 5) is 22.5. The number of carbonyl (C=O) groups is 2. The normalized spacial score (nSPS) is 23.2. The first-order valence-corrected chi connectivity index (χ1v) is 6.57. The monoisotopic (exact) mass is 311 g/mol. The zero-order valence-electron chi connectivity index (χ0n) is 9.89. The Morgan fingerprint density at radius 3 is 2.61 bits per heavy atom. The number of carbonyl (C=O) groups excluding carboxylic acids is 1. The summed E-state index contributed by atoms with van der Waals surface area (Å²) in [6, 6.07) is 7.51. The van der Waals surface area contributed by atoms with E-state index in [1.54, 1.807) is 0 Å². The molecular formula is C13H14BrNO3. The zero-order chi connectivity index (χ0) is 13.3. The van der Waals surface area contributed by atoms with E-state index in [4.69, 9.17) is 5.11 Å². The van der Waals surface area contributed by atoms with Gasteiger partial charge in [0.15, 0.2) is 0 Å². The van der Waals surface area contributed by atoms with E-state index in [0.29, 0.717) is 6.42 Å². The summed E-state index contributed by atoms with van der Waals surface area (Å²) in [5.41, 5.74) is 0.985. The van der Waals surface area contributed by atoms with Crippen molar-refractivity contribution >= 4 is 27.8 Å². The van der Waals surface area contributed by atoms with E-state index in [9.17, 15) is 9.59 Å². The molecule has 1 fully saturated rings. The molecule has 1 saturated carbocycles. The average molecular weight is 312 g/mol. The summed E-state index contributed by atoms with van der Waals surface area (Å²) < 4.78 is 0.934. The van der Waals surface area contributed by atoms with Crippen molar-refractivity contribution in [2.75, 3.05) is 0 Å². The van der Waals surface area contributed by atoms with Crippen LogP contribution < -0.4 is 5.32 Å². The van der Waals surface area contributed by atoms with Crippen LogP contribution in [0.4, 0.5) is 0 Å². The first kappa shape index (κ1) is 13.1. The van der Waals surface area contributed by atoms with Crippen LogP contribution in [0.3, 0.4) is 0 Å². The fraction of sp³-hybridized carbons (Fsp3) is 0.385. The van der Waals surface area contributed by atoms with Crippen LogP contribution in [0.25, 0.3) is 0 Å². The van der Waals surface area contributed by atoms with Gasteiger partial charge in [-0.15, -0.1) is 0 Å². The molecule has 1 aromatic carbocycles. The lowest BCUT2D eigenvalue weighted by Crippen LogP contribution is -2.29. The molecule has 3 atom stereocenters. The number of amides is 1. The van der Waals surface area contributed by atoms with E-state index in [-0.39, 0.29) is 17.9 Å². The molecule has 1 aliphatic rings. The minimum atomic E-state index is -0.885. The number of carboxylic acid groups (broad SMARTS) is 1. The van der Waals surface area contributed by atoms with Crippen molar-refractivity contribution < 1.29 is 14.7 Å². The second-order valence-corrected chi connectivity index (χ2v) is 5.39. The molecule has 0 spiro atoms. The third-order valence-electron chi connectivity index (χ3n) is 3.17. The summed E-state index contributed by atoms with van der Waals surface area (Å²) in [6.45, 7) is 1.89. The standard InChI is InChI=1S/C13H14BrNO3/c1-7(8-4-2-3-5-11(8)14)15-12(16)9-6-10(9)13(17)18/h2-5,7,9-10H,6H2,1H3,(H,15,16)(H,17,18)/t7-,9?,10?/m0/s1. The molecule has 0 aliphatic heterocycles. The smallest absolute Gasteiger partial charge is 0.307 e. The molecule has 0 aromatic heterocycles. The van der Waals surface area contributed by atoms with Gasteiger partial charge in [-0.25, -0.2) is 0 Å². The van der Waals surface area contributed by atoms with E-state index in [1.807, 2.05) is 31.2 Å². The molecule has 2 unspecified atom stereocenters. The van der Waals surface area contributed by atoms with Crippen LogP contribution in [0.2, 0.25) is 0 Å². The second-order valence-electron chi connectivity index (χ2n) is 4.54. The highest BCUT2D eigenvalue weighted by molar-refractivity contribution is 9.10. The minimum absolute atomic E-state index is 0.136. The van der Waals surface area contributed by atoms with Crippen LogP contribution in [0, 0.1) is 11.8 Å². The van der Waals surface area contributed by atoms with E-state index < -0.39 is 11.9 Å². The van der Waals surface area contributed by atoms with Gasteiger partial charge < -0.3 is 10.4 Å². The molecule has 0 bridgehead atoms. The molecule has 2 rings (SSSR count). The molecule has 18 heavy (non-hydrogen) atoms. The third kappa shape index (κ3) is 2.72. The molecule has 5 heteroatoms. The Kier molecular flexibility index (Phi) is 3.71. The van der Waals surface area contributed by atoms with Crippen molar-refractivity contribution in [1.82, 2.24) is 5.32 Å². The van der Waals surface area contributed by atoms with Crippen molar-refractivity contribution in [3.63, 3.8) is 0 Å². The van der Waals surface area contributed by atoms with Crippen molar-refractivity contribution in [2.24, 2.45) is 11.8 Å². The average Bonchev–Trinajstić information content (AvgIpc) is 3.09. The molecule has 4 nitrogen and oxygen atoms in total. The molecule has 2 N–H and O–H groups in total. The number of halogens is 1. The summed E-state index contributed by atoms with van der Waals surface area (Å²) in [6.07, 6.45) is 0.448. The Balaban J connectivity index is 1.97. The maximum Gasteiger partial charge on any atom is 0.307 e. The summed E-state index contributed by atoms with van der Waals surface area (Å²) >= 11 is 3.43. The third-order valence-corrected chi connectivity index (χ3v) is 3.90. The van der Waals surface area contributed by atoms with E-state index in [1.165, 1.54) is 0 Å². The van der Waals surface area contributed by atoms with Gasteiger partial charge in [-0.05, 0) is 25.0 Å². The number of hydrogen-bond donors (Lipinski definition) is 2. The molecule has 0 radical (unpaired) electrons. The number of hydrogen-bond acceptors (Lipinski definition) is 2. The van der Waals surface area contributed by atoms with E-state index in [0.717, 1.165) is 10.0 Å². The summed E-state index contributed by atoms with van der Waals surface area (Å²) in [7, 11) is 0. The highest BCUT2D eigenvalue weighted by Crippen LogP contribution is 2.39. The van der Waals surface area contributed by atoms with Crippen LogP contribution in [0.1, 0.15) is 24.9 Å². The van der Waals surface area contributed by atoms with Gasteiger partial charge in [0.2, 0.25) is 5.91 Å². The Morgan fingerprint density at radius 1 is 1.39 bits per heavy atom. The number of carboxylic acids is 1. The summed E-state index contributed by atoms with van der Waals surface area (Å²) in [5.74, 6) is -1.93. The van der Waals surface area contributed by atoms with E-state index >= 15 is 0 Å². The SMILES string of the molecule is C[C@H](NC(=O)C1CC1C(=O)O)c1ccccc1Br. The lowest BCUT2D eigenvalue weighted by Gasteiger charge is -2.15. The topological polar surface area (TPSA) is 66.4 Å². The highest BCUT2D eigenvalue weighted by atomic mass is 79.9. The minimum Gasteiger partial charge on any atom is -0.481 e. The van der Waals surface area contributed by atoms with Gasteiger partial charge in [-0.1, -0.05) is 34.1 Å². The molecular weight excluding hydrogens is 298 g/mol. The van der Waals surface area contributed by atoms with Gasteiger partial charge in [-0.3, -0.25) is 9.59 Å². The molecule has 1 aromatic rings. The van der Waals surface area contributed by atoms with Crippen molar-refractivity contribution in [1.29, 1.82) is 0 Å². The predicted molar refractivity (Wildman–Crippen MR) is 69.9 cm³/mol. The predicted octanol–water partition coefficient (Wildman–Crippen LogP) is 2.35. The highest BCUT2D eigenvalue weighted by Gasteiger charge is 2.48. The largest absolute Gasteiger partial charge is 0.481 e. The lowest BCUT2D eigenvalue weighted by molar-refractivity contribution is -0.140. The maximum absolute atomic E-state index is 11.8. The van der Waals surface area contributed by atoms with E-state index in [2.05, 4.69) is 21.2 Å². The molecule has 1 aliphatic carbocycles. The molecule has 96 valence electrons. The molecule has 1 amide bonds. The van der Waals surface area contributed by atoms with Crippen molar-refractivity contribution in [3.05, 3.63) is 34.3 Å². The van der Waals surface area contributed by atoms with Gasteiger partial charge in [0.1, 0.15) is 0 Å². The van der Waals surface area contributed by atoms with Crippen LogP contribution >= 0.6 is 15.9 Å². The van der Waals surface area contributed by atoms with Crippen LogP contribution in [0.5, 0.6) is 0 Å². The van der Waals surface area contributed by atoms with Crippen LogP contribution in [-0.2, 0) is 9.59 Å². The Bertz CT molecular complexity index is 489. The zero-order valence-corrected chi connectivity index (χ0v) is 11.5. The number of aliphatic carboxylic acids is 1. The fourth-order valence-electron chi connectivity index (χ4n) is 1.98. The van der Waals surface area contributed by atoms with Crippen molar-refractivity contribution in [2.45, 2.75) is 19.4 Å². The molecule has 0 saturated heterocycles. The second kappa shape index (κ2) is 5.10. The van der Waals surface area contributed by atoms with Crippen LogP contribution in [-0.4, -0.2) is 17.0 Å². The van der Waals surface area contributed by atoms with Gasteiger partial charge in [0, 0.05) is 4.47 Å². The van der Waals surface area contributed by atoms with Crippen LogP contribution in [0.15, 0.2) is 28.7 Å². The number of benzene rings is 1. The first-order valence-electron chi connectivity index (χ1n) is 5.78. The molecule has 0 heterocycles. The quantitative estimate of drug-likeness (QED) is 0.897. The Morgan fingerprint density at radius 2 is 2.06 bits per heavy atom. The van der Waals surface area contributed by atoms with Crippen molar-refractivity contribution in [3.8, 4) is 0 Å². The fourth-order valence-corrected chi connectivity index (χ4v) is 2.61. The maximum atomic E-state index is 11.8. The number of nitrogens with one attached hydrogen (secondary N) is 1. The first-order chi connectivity index (χ1) is 8.50. The Hall–Kier alpha value is -1.36.